The van der Waals surface area contributed by atoms with Gasteiger partial charge in [0.25, 0.3) is 0 Å². The van der Waals surface area contributed by atoms with Gasteiger partial charge in [-0.1, -0.05) is 24.3 Å². The molecule has 2 aromatic carbocycles. The van der Waals surface area contributed by atoms with Gasteiger partial charge >= 0.3 is 5.97 Å². The van der Waals surface area contributed by atoms with Gasteiger partial charge in [-0.25, -0.2) is 13.6 Å². The summed E-state index contributed by atoms with van der Waals surface area (Å²) in [6.07, 6.45) is 0. The highest BCUT2D eigenvalue weighted by molar-refractivity contribution is 5.89. The Kier molecular flexibility index (Phi) is 5.00. The maximum atomic E-state index is 13.7. The molecular weight excluding hydrogens is 276 g/mol. The largest absolute Gasteiger partial charge is 0.465 e. The molecule has 3 nitrogen and oxygen atoms in total. The standard InChI is InChI=1S/C16H15F2NO2/c1-21-16(20)13-7-6-11(8-15(13)18)9-19-10-12-4-2-3-5-14(12)17/h2-8,19H,9-10H2,1H3. The van der Waals surface area contributed by atoms with Crippen LogP contribution in [0.2, 0.25) is 0 Å². The van der Waals surface area contributed by atoms with Crippen molar-refractivity contribution in [2.75, 3.05) is 7.11 Å². The van der Waals surface area contributed by atoms with Crippen LogP contribution in [0.4, 0.5) is 8.78 Å². The molecule has 0 aliphatic rings. The Morgan fingerprint density at radius 1 is 1.10 bits per heavy atom. The van der Waals surface area contributed by atoms with Crippen molar-refractivity contribution >= 4 is 5.97 Å². The number of hydrogen-bond acceptors (Lipinski definition) is 3. The fourth-order valence-electron chi connectivity index (χ4n) is 1.93. The van der Waals surface area contributed by atoms with E-state index in [4.69, 9.17) is 0 Å². The highest BCUT2D eigenvalue weighted by Gasteiger charge is 2.12. The van der Waals surface area contributed by atoms with E-state index < -0.39 is 11.8 Å². The maximum Gasteiger partial charge on any atom is 0.340 e. The van der Waals surface area contributed by atoms with Crippen molar-refractivity contribution in [3.05, 3.63) is 70.8 Å². The summed E-state index contributed by atoms with van der Waals surface area (Å²) in [4.78, 5) is 11.3. The molecule has 0 bridgehead atoms. The van der Waals surface area contributed by atoms with Crippen molar-refractivity contribution in [1.29, 1.82) is 0 Å². The van der Waals surface area contributed by atoms with Crippen LogP contribution in [0.1, 0.15) is 21.5 Å². The molecule has 0 aromatic heterocycles. The summed E-state index contributed by atoms with van der Waals surface area (Å²) >= 11 is 0. The number of nitrogens with one attached hydrogen (secondary N) is 1. The van der Waals surface area contributed by atoms with Crippen molar-refractivity contribution < 1.29 is 18.3 Å². The van der Waals surface area contributed by atoms with Gasteiger partial charge < -0.3 is 10.1 Å². The molecule has 5 heteroatoms. The molecule has 0 atom stereocenters. The van der Waals surface area contributed by atoms with Crippen LogP contribution < -0.4 is 5.32 Å². The first kappa shape index (κ1) is 15.1. The molecule has 0 fully saturated rings. The smallest absolute Gasteiger partial charge is 0.340 e. The number of halogens is 2. The number of methoxy groups -OCH3 is 1. The fraction of sp³-hybridized carbons (Fsp3) is 0.188. The molecule has 0 unspecified atom stereocenters. The third kappa shape index (κ3) is 3.86. The topological polar surface area (TPSA) is 38.3 Å². The van der Waals surface area contributed by atoms with E-state index in [1.165, 1.54) is 25.3 Å². The second kappa shape index (κ2) is 6.95. The molecule has 1 N–H and O–H groups in total. The van der Waals surface area contributed by atoms with Crippen LogP contribution in [0.3, 0.4) is 0 Å². The first-order chi connectivity index (χ1) is 10.1. The van der Waals surface area contributed by atoms with E-state index in [0.29, 0.717) is 24.2 Å². The Hall–Kier alpha value is -2.27. The average Bonchev–Trinajstić information content (AvgIpc) is 2.48. The number of hydrogen-bond donors (Lipinski definition) is 1. The molecule has 0 radical (unpaired) electrons. The van der Waals surface area contributed by atoms with Crippen LogP contribution in [0, 0.1) is 11.6 Å². The second-order valence-corrected chi connectivity index (χ2v) is 4.50. The third-order valence-corrected chi connectivity index (χ3v) is 3.04. The van der Waals surface area contributed by atoms with Crippen molar-refractivity contribution in [2.24, 2.45) is 0 Å². The van der Waals surface area contributed by atoms with Crippen LogP contribution in [0.15, 0.2) is 42.5 Å². The first-order valence-electron chi connectivity index (χ1n) is 6.42. The van der Waals surface area contributed by atoms with Gasteiger partial charge in [-0.3, -0.25) is 0 Å². The zero-order chi connectivity index (χ0) is 15.2. The van der Waals surface area contributed by atoms with Crippen LogP contribution in [0.5, 0.6) is 0 Å². The fourth-order valence-corrected chi connectivity index (χ4v) is 1.93. The third-order valence-electron chi connectivity index (χ3n) is 3.04. The number of rotatable bonds is 5. The first-order valence-corrected chi connectivity index (χ1v) is 6.42. The summed E-state index contributed by atoms with van der Waals surface area (Å²) in [7, 11) is 1.20. The molecule has 2 rings (SSSR count). The Morgan fingerprint density at radius 2 is 1.86 bits per heavy atom. The minimum atomic E-state index is -0.710. The minimum Gasteiger partial charge on any atom is -0.465 e. The molecule has 0 aliphatic heterocycles. The molecule has 2 aromatic rings. The van der Waals surface area contributed by atoms with Gasteiger partial charge in [0.2, 0.25) is 0 Å². The lowest BCUT2D eigenvalue weighted by molar-refractivity contribution is 0.0595. The van der Waals surface area contributed by atoms with Gasteiger partial charge in [-0.2, -0.15) is 0 Å². The maximum absolute atomic E-state index is 13.7. The summed E-state index contributed by atoms with van der Waals surface area (Å²) < 4.78 is 31.6. The molecular formula is C16H15F2NO2. The lowest BCUT2D eigenvalue weighted by Crippen LogP contribution is -2.14. The van der Waals surface area contributed by atoms with Crippen LogP contribution in [-0.4, -0.2) is 13.1 Å². The number of ether oxygens (including phenoxy) is 1. The Bertz CT molecular complexity index is 644. The zero-order valence-corrected chi connectivity index (χ0v) is 11.5. The number of carbonyl (C=O) groups excluding carboxylic acids is 1. The van der Waals surface area contributed by atoms with Gasteiger partial charge in [-0.05, 0) is 23.8 Å². The molecule has 0 aliphatic carbocycles. The summed E-state index contributed by atoms with van der Waals surface area (Å²) in [5, 5.41) is 3.03. The molecule has 0 heterocycles. The van der Waals surface area contributed by atoms with Gasteiger partial charge in [-0.15, -0.1) is 0 Å². The predicted octanol–water partition coefficient (Wildman–Crippen LogP) is 3.04. The molecule has 0 saturated heterocycles. The van der Waals surface area contributed by atoms with Crippen molar-refractivity contribution in [3.63, 3.8) is 0 Å². The van der Waals surface area contributed by atoms with E-state index in [9.17, 15) is 13.6 Å². The van der Waals surface area contributed by atoms with Crippen molar-refractivity contribution in [3.8, 4) is 0 Å². The van der Waals surface area contributed by atoms with E-state index in [1.54, 1.807) is 24.3 Å². The summed E-state index contributed by atoms with van der Waals surface area (Å²) in [5.41, 5.74) is 1.11. The molecule has 0 spiro atoms. The Labute approximate surface area is 121 Å². The SMILES string of the molecule is COC(=O)c1ccc(CNCc2ccccc2F)cc1F. The van der Waals surface area contributed by atoms with Crippen LogP contribution in [0.25, 0.3) is 0 Å². The summed E-state index contributed by atoms with van der Waals surface area (Å²) in [5.74, 6) is -1.62. The van der Waals surface area contributed by atoms with Gasteiger partial charge in [0, 0.05) is 18.7 Å². The van der Waals surface area contributed by atoms with Crippen molar-refractivity contribution in [1.82, 2.24) is 5.32 Å². The molecule has 0 saturated carbocycles. The van der Waals surface area contributed by atoms with E-state index in [2.05, 4.69) is 10.1 Å². The highest BCUT2D eigenvalue weighted by Crippen LogP contribution is 2.12. The normalized spacial score (nSPS) is 10.4. The quantitative estimate of drug-likeness (QED) is 0.861. The zero-order valence-electron chi connectivity index (χ0n) is 11.5. The van der Waals surface area contributed by atoms with Gasteiger partial charge in [0.15, 0.2) is 0 Å². The van der Waals surface area contributed by atoms with E-state index in [1.807, 2.05) is 0 Å². The molecule has 21 heavy (non-hydrogen) atoms. The van der Waals surface area contributed by atoms with E-state index in [-0.39, 0.29) is 11.4 Å². The Morgan fingerprint density at radius 3 is 2.52 bits per heavy atom. The van der Waals surface area contributed by atoms with Crippen LogP contribution in [-0.2, 0) is 17.8 Å². The Balaban J connectivity index is 1.97. The van der Waals surface area contributed by atoms with E-state index in [0.717, 1.165) is 0 Å². The molecule has 110 valence electrons. The lowest BCUT2D eigenvalue weighted by Gasteiger charge is -2.07. The average molecular weight is 291 g/mol. The van der Waals surface area contributed by atoms with Gasteiger partial charge in [0.05, 0.1) is 12.7 Å². The second-order valence-electron chi connectivity index (χ2n) is 4.50. The number of benzene rings is 2. The monoisotopic (exact) mass is 291 g/mol. The van der Waals surface area contributed by atoms with Crippen LogP contribution >= 0.6 is 0 Å². The summed E-state index contributed by atoms with van der Waals surface area (Å²) in [6, 6.07) is 10.7. The lowest BCUT2D eigenvalue weighted by atomic mass is 10.1. The van der Waals surface area contributed by atoms with E-state index >= 15 is 0 Å². The summed E-state index contributed by atoms with van der Waals surface area (Å²) in [6.45, 7) is 0.708. The van der Waals surface area contributed by atoms with Crippen molar-refractivity contribution in [2.45, 2.75) is 13.1 Å². The van der Waals surface area contributed by atoms with Gasteiger partial charge in [0.1, 0.15) is 11.6 Å². The predicted molar refractivity (Wildman–Crippen MR) is 74.7 cm³/mol. The molecule has 0 amide bonds. The highest BCUT2D eigenvalue weighted by atomic mass is 19.1. The number of esters is 1. The minimum absolute atomic E-state index is 0.102. The number of carbonyl (C=O) groups is 1.